The topological polar surface area (TPSA) is 60.9 Å². The number of alkyl halides is 6. The normalized spacial score (nSPS) is 12.5. The van der Waals surface area contributed by atoms with Crippen LogP contribution in [0.4, 0.5) is 26.3 Å². The Balaban J connectivity index is 2.04. The first-order valence-corrected chi connectivity index (χ1v) is 9.71. The second-order valence-electron chi connectivity index (χ2n) is 7.29. The zero-order chi connectivity index (χ0) is 24.3. The van der Waals surface area contributed by atoms with Crippen LogP contribution in [0.25, 0.3) is 39.0 Å². The van der Waals surface area contributed by atoms with Crippen LogP contribution < -0.4 is 5.63 Å². The lowest BCUT2D eigenvalue weighted by Gasteiger charge is -2.12. The molecule has 11 heteroatoms. The zero-order valence-electron chi connectivity index (χ0n) is 16.8. The third kappa shape index (κ3) is 3.49. The predicted octanol–water partition coefficient (Wildman–Crippen LogP) is 6.23. The van der Waals surface area contributed by atoms with Crippen molar-refractivity contribution in [1.29, 1.82) is 0 Å². The third-order valence-electron chi connectivity index (χ3n) is 5.12. The largest absolute Gasteiger partial charge is 0.469 e. The van der Waals surface area contributed by atoms with Gasteiger partial charge in [0.2, 0.25) is 0 Å². The zero-order valence-corrected chi connectivity index (χ0v) is 16.8. The van der Waals surface area contributed by atoms with Gasteiger partial charge in [-0.2, -0.15) is 26.3 Å². The average molecular weight is 475 g/mol. The maximum atomic E-state index is 14.2. The summed E-state index contributed by atoms with van der Waals surface area (Å²) < 4.78 is 87.9. The Labute approximate surface area is 185 Å². The van der Waals surface area contributed by atoms with E-state index in [1.807, 2.05) is 0 Å². The number of aromatic nitrogens is 3. The van der Waals surface area contributed by atoms with Crippen molar-refractivity contribution in [3.8, 4) is 16.9 Å². The van der Waals surface area contributed by atoms with Gasteiger partial charge in [-0.25, -0.2) is 14.8 Å². The van der Waals surface area contributed by atoms with Crippen molar-refractivity contribution >= 4 is 22.1 Å². The first-order chi connectivity index (χ1) is 16.1. The quantitative estimate of drug-likeness (QED) is 0.284. The molecule has 0 fully saturated rings. The number of pyridine rings is 1. The summed E-state index contributed by atoms with van der Waals surface area (Å²) in [6.45, 7) is 0. The summed E-state index contributed by atoms with van der Waals surface area (Å²) in [4.78, 5) is 20.3. The van der Waals surface area contributed by atoms with Crippen LogP contribution in [-0.4, -0.2) is 14.5 Å². The molecule has 0 aliphatic rings. The molecule has 3 aromatic heterocycles. The highest BCUT2D eigenvalue weighted by atomic mass is 19.4. The molecule has 0 spiro atoms. The molecule has 172 valence electrons. The summed E-state index contributed by atoms with van der Waals surface area (Å²) >= 11 is 0. The van der Waals surface area contributed by atoms with Crippen molar-refractivity contribution in [2.45, 2.75) is 12.4 Å². The van der Waals surface area contributed by atoms with Crippen molar-refractivity contribution in [3.63, 3.8) is 0 Å². The van der Waals surface area contributed by atoms with Gasteiger partial charge in [0, 0.05) is 11.3 Å². The van der Waals surface area contributed by atoms with E-state index in [9.17, 15) is 31.1 Å². The molecule has 0 N–H and O–H groups in total. The van der Waals surface area contributed by atoms with Crippen LogP contribution in [0.1, 0.15) is 11.5 Å². The van der Waals surface area contributed by atoms with E-state index in [4.69, 9.17) is 0 Å². The first kappa shape index (κ1) is 21.7. The maximum absolute atomic E-state index is 14.2. The van der Waals surface area contributed by atoms with Crippen LogP contribution in [0.3, 0.4) is 0 Å². The molecular formula is C23H11F6N3O2. The summed E-state index contributed by atoms with van der Waals surface area (Å²) in [5, 5.41) is -0.732. The van der Waals surface area contributed by atoms with Crippen molar-refractivity contribution in [2.24, 2.45) is 0 Å². The Hall–Kier alpha value is -4.15. The fourth-order valence-electron chi connectivity index (χ4n) is 3.74. The van der Waals surface area contributed by atoms with Gasteiger partial charge in [0.15, 0.2) is 5.52 Å². The molecule has 5 nitrogen and oxygen atoms in total. The predicted molar refractivity (Wildman–Crippen MR) is 110 cm³/mol. The SMILES string of the molecule is O=c1oc(C(F)(F)F)nc2c3c(C(F)(F)F)cc(-c4ccccc4)nc3n(-c3ccccc3)c12. The Bertz CT molecular complexity index is 1590. The Morgan fingerprint density at radius 2 is 1.41 bits per heavy atom. The van der Waals surface area contributed by atoms with Crippen molar-refractivity contribution < 1.29 is 30.8 Å². The highest BCUT2D eigenvalue weighted by molar-refractivity contribution is 6.07. The van der Waals surface area contributed by atoms with Crippen molar-refractivity contribution in [2.75, 3.05) is 0 Å². The number of hydrogen-bond acceptors (Lipinski definition) is 4. The molecule has 0 saturated carbocycles. The van der Waals surface area contributed by atoms with E-state index in [2.05, 4.69) is 14.4 Å². The molecular weight excluding hydrogens is 464 g/mol. The van der Waals surface area contributed by atoms with Gasteiger partial charge in [-0.05, 0) is 18.2 Å². The maximum Gasteiger partial charge on any atom is 0.469 e. The fraction of sp³-hybridized carbons (Fsp3) is 0.0870. The van der Waals surface area contributed by atoms with Crippen LogP contribution in [0.15, 0.2) is 75.9 Å². The molecule has 0 radical (unpaired) electrons. The van der Waals surface area contributed by atoms with Crippen LogP contribution >= 0.6 is 0 Å². The fourth-order valence-corrected chi connectivity index (χ4v) is 3.74. The van der Waals surface area contributed by atoms with Gasteiger partial charge in [-0.1, -0.05) is 48.5 Å². The number of halogens is 6. The molecule has 0 unspecified atom stereocenters. The third-order valence-corrected chi connectivity index (χ3v) is 5.12. The average Bonchev–Trinajstić information content (AvgIpc) is 3.13. The molecule has 0 amide bonds. The molecule has 34 heavy (non-hydrogen) atoms. The van der Waals surface area contributed by atoms with E-state index in [0.29, 0.717) is 5.56 Å². The number of benzene rings is 2. The molecule has 5 rings (SSSR count). The molecule has 0 aliphatic carbocycles. The van der Waals surface area contributed by atoms with E-state index < -0.39 is 45.9 Å². The monoisotopic (exact) mass is 475 g/mol. The van der Waals surface area contributed by atoms with Crippen LogP contribution in [0.2, 0.25) is 0 Å². The minimum absolute atomic E-state index is 0.0826. The van der Waals surface area contributed by atoms with Crippen molar-refractivity contribution in [3.05, 3.63) is 88.6 Å². The van der Waals surface area contributed by atoms with Gasteiger partial charge in [-0.15, -0.1) is 0 Å². The number of hydrogen-bond donors (Lipinski definition) is 0. The van der Waals surface area contributed by atoms with E-state index in [1.54, 1.807) is 36.4 Å². The first-order valence-electron chi connectivity index (χ1n) is 9.71. The molecule has 0 bridgehead atoms. The Morgan fingerprint density at radius 3 is 2.00 bits per heavy atom. The lowest BCUT2D eigenvalue weighted by atomic mass is 10.1. The molecule has 3 heterocycles. The van der Waals surface area contributed by atoms with Gasteiger partial charge in [-0.3, -0.25) is 4.57 Å². The van der Waals surface area contributed by atoms with Crippen molar-refractivity contribution in [1.82, 2.24) is 14.5 Å². The number of rotatable bonds is 2. The van der Waals surface area contributed by atoms with Gasteiger partial charge < -0.3 is 4.42 Å². The lowest BCUT2D eigenvalue weighted by molar-refractivity contribution is -0.158. The lowest BCUT2D eigenvalue weighted by Crippen LogP contribution is -2.15. The van der Waals surface area contributed by atoms with Crippen LogP contribution in [0.5, 0.6) is 0 Å². The molecule has 0 atom stereocenters. The number of para-hydroxylation sites is 1. The standard InChI is InChI=1S/C23H11F6N3O2/c24-22(25,26)14-11-15(12-7-3-1-4-8-12)30-19-16(14)17-18(32(19)13-9-5-2-6-10-13)20(33)34-21(31-17)23(27,28)29/h1-11H. The summed E-state index contributed by atoms with van der Waals surface area (Å²) in [7, 11) is 0. The Morgan fingerprint density at radius 1 is 0.794 bits per heavy atom. The molecule has 0 saturated heterocycles. The van der Waals surface area contributed by atoms with Crippen LogP contribution in [-0.2, 0) is 12.4 Å². The van der Waals surface area contributed by atoms with E-state index in [1.165, 1.54) is 24.3 Å². The minimum Gasteiger partial charge on any atom is -0.397 e. The van der Waals surface area contributed by atoms with E-state index in [-0.39, 0.29) is 17.0 Å². The molecule has 2 aromatic carbocycles. The summed E-state index contributed by atoms with van der Waals surface area (Å²) in [6.07, 6.45) is -10.2. The minimum atomic E-state index is -5.19. The molecule has 0 aliphatic heterocycles. The number of nitrogens with zero attached hydrogens (tertiary/aromatic N) is 3. The van der Waals surface area contributed by atoms with Gasteiger partial charge in [0.1, 0.15) is 11.2 Å². The van der Waals surface area contributed by atoms with Gasteiger partial charge >= 0.3 is 23.9 Å². The smallest absolute Gasteiger partial charge is 0.397 e. The highest BCUT2D eigenvalue weighted by Gasteiger charge is 2.40. The second-order valence-corrected chi connectivity index (χ2v) is 7.29. The van der Waals surface area contributed by atoms with E-state index >= 15 is 0 Å². The van der Waals surface area contributed by atoms with E-state index in [0.717, 1.165) is 10.6 Å². The second kappa shape index (κ2) is 7.44. The van der Waals surface area contributed by atoms with Crippen LogP contribution in [0, 0.1) is 0 Å². The Kier molecular flexibility index (Phi) is 4.74. The summed E-state index contributed by atoms with van der Waals surface area (Å²) in [5.41, 5.74) is -4.08. The number of fused-ring (bicyclic) bond motifs is 3. The van der Waals surface area contributed by atoms with Gasteiger partial charge in [0.05, 0.1) is 16.6 Å². The summed E-state index contributed by atoms with van der Waals surface area (Å²) in [6, 6.07) is 16.4. The molecule has 5 aromatic rings. The highest BCUT2D eigenvalue weighted by Crippen LogP contribution is 2.41. The van der Waals surface area contributed by atoms with Gasteiger partial charge in [0.25, 0.3) is 0 Å². The summed E-state index contributed by atoms with van der Waals surface area (Å²) in [5.74, 6) is -1.95.